The van der Waals surface area contributed by atoms with Crippen LogP contribution in [0.2, 0.25) is 0 Å². The van der Waals surface area contributed by atoms with E-state index in [0.717, 1.165) is 23.7 Å². The maximum absolute atomic E-state index is 5.66. The van der Waals surface area contributed by atoms with Crippen LogP contribution in [0, 0.1) is 5.92 Å². The van der Waals surface area contributed by atoms with Gasteiger partial charge in [-0.3, -0.25) is 16.3 Å². The summed E-state index contributed by atoms with van der Waals surface area (Å²) in [7, 11) is 0. The minimum absolute atomic E-state index is 0.165. The Labute approximate surface area is 109 Å². The van der Waals surface area contributed by atoms with E-state index in [1.807, 2.05) is 26.1 Å². The summed E-state index contributed by atoms with van der Waals surface area (Å²) in [6.07, 6.45) is 8.89. The summed E-state index contributed by atoms with van der Waals surface area (Å²) in [5.74, 6) is 7.29. The predicted molar refractivity (Wildman–Crippen MR) is 72.0 cm³/mol. The minimum atomic E-state index is 0.165. The number of ether oxygens (including phenoxy) is 1. The molecule has 1 aromatic heterocycles. The number of hydrazine groups is 1. The van der Waals surface area contributed by atoms with Crippen LogP contribution < -0.4 is 16.0 Å². The zero-order chi connectivity index (χ0) is 13.0. The molecule has 1 aromatic rings. The van der Waals surface area contributed by atoms with Crippen molar-refractivity contribution in [3.8, 4) is 5.75 Å². The molecule has 0 aromatic carbocycles. The summed E-state index contributed by atoms with van der Waals surface area (Å²) in [6, 6.07) is 2.22. The number of rotatable bonds is 6. The third kappa shape index (κ3) is 3.43. The lowest BCUT2D eigenvalue weighted by Crippen LogP contribution is -2.31. The number of hydrogen-bond donors (Lipinski definition) is 2. The lowest BCUT2D eigenvalue weighted by atomic mass is 9.80. The van der Waals surface area contributed by atoms with Gasteiger partial charge in [0, 0.05) is 12.2 Å². The van der Waals surface area contributed by atoms with Crippen LogP contribution in [0.15, 0.2) is 18.5 Å². The number of nitrogens with zero attached hydrogens (tertiary/aromatic N) is 1. The van der Waals surface area contributed by atoms with Crippen molar-refractivity contribution in [2.45, 2.75) is 51.7 Å². The molecular weight excluding hydrogens is 226 g/mol. The van der Waals surface area contributed by atoms with Crippen molar-refractivity contribution >= 4 is 0 Å². The maximum atomic E-state index is 5.66. The molecule has 1 unspecified atom stereocenters. The van der Waals surface area contributed by atoms with Gasteiger partial charge in [0.05, 0.1) is 12.3 Å². The molecule has 18 heavy (non-hydrogen) atoms. The van der Waals surface area contributed by atoms with Crippen LogP contribution in [-0.4, -0.2) is 11.1 Å². The highest BCUT2D eigenvalue weighted by molar-refractivity contribution is 5.26. The fourth-order valence-electron chi connectivity index (χ4n) is 2.32. The molecule has 100 valence electrons. The second kappa shape index (κ2) is 6.16. The largest absolute Gasteiger partial charge is 0.489 e. The first-order valence-electron chi connectivity index (χ1n) is 6.76. The first-order chi connectivity index (χ1) is 8.69. The van der Waals surface area contributed by atoms with Crippen LogP contribution in [0.1, 0.15) is 51.1 Å². The molecule has 1 aliphatic rings. The van der Waals surface area contributed by atoms with Crippen LogP contribution in [-0.2, 0) is 0 Å². The van der Waals surface area contributed by atoms with Crippen molar-refractivity contribution in [2.24, 2.45) is 11.8 Å². The molecule has 0 saturated heterocycles. The van der Waals surface area contributed by atoms with E-state index in [1.165, 1.54) is 19.3 Å². The van der Waals surface area contributed by atoms with Gasteiger partial charge in [-0.2, -0.15) is 0 Å². The lowest BCUT2D eigenvalue weighted by Gasteiger charge is -2.29. The van der Waals surface area contributed by atoms with Crippen LogP contribution in [0.25, 0.3) is 0 Å². The molecule has 0 amide bonds. The second-order valence-electron chi connectivity index (χ2n) is 5.37. The first-order valence-corrected chi connectivity index (χ1v) is 6.76. The van der Waals surface area contributed by atoms with Crippen molar-refractivity contribution in [1.82, 2.24) is 10.4 Å². The van der Waals surface area contributed by atoms with E-state index in [-0.39, 0.29) is 12.1 Å². The summed E-state index contributed by atoms with van der Waals surface area (Å²) < 4.78 is 5.66. The van der Waals surface area contributed by atoms with Crippen LogP contribution in [0.5, 0.6) is 5.75 Å². The van der Waals surface area contributed by atoms with Crippen molar-refractivity contribution in [2.75, 3.05) is 0 Å². The van der Waals surface area contributed by atoms with Gasteiger partial charge in [-0.05, 0) is 37.8 Å². The van der Waals surface area contributed by atoms with Gasteiger partial charge in [0.2, 0.25) is 0 Å². The molecule has 2 rings (SSSR count). The zero-order valence-corrected chi connectivity index (χ0v) is 11.2. The van der Waals surface area contributed by atoms with Gasteiger partial charge in [-0.1, -0.05) is 19.3 Å². The molecule has 1 aliphatic carbocycles. The molecule has 0 spiro atoms. The predicted octanol–water partition coefficient (Wildman–Crippen LogP) is 2.56. The Morgan fingerprint density at radius 1 is 1.44 bits per heavy atom. The van der Waals surface area contributed by atoms with E-state index >= 15 is 0 Å². The highest BCUT2D eigenvalue weighted by Gasteiger charge is 2.22. The lowest BCUT2D eigenvalue weighted by molar-refractivity contribution is 0.239. The Hall–Kier alpha value is -1.13. The first kappa shape index (κ1) is 13.3. The minimum Gasteiger partial charge on any atom is -0.489 e. The molecule has 4 nitrogen and oxygen atoms in total. The Morgan fingerprint density at radius 2 is 2.22 bits per heavy atom. The Bertz CT molecular complexity index is 377. The van der Waals surface area contributed by atoms with Crippen molar-refractivity contribution in [3.63, 3.8) is 0 Å². The average molecular weight is 249 g/mol. The van der Waals surface area contributed by atoms with Gasteiger partial charge in [0.1, 0.15) is 5.75 Å². The van der Waals surface area contributed by atoms with Crippen molar-refractivity contribution in [3.05, 3.63) is 24.0 Å². The maximum Gasteiger partial charge on any atom is 0.138 e. The van der Waals surface area contributed by atoms with Crippen molar-refractivity contribution in [1.29, 1.82) is 0 Å². The molecule has 1 atom stereocenters. The highest BCUT2D eigenvalue weighted by Crippen LogP contribution is 2.34. The molecule has 3 N–H and O–H groups in total. The van der Waals surface area contributed by atoms with Crippen LogP contribution >= 0.6 is 0 Å². The molecule has 1 saturated carbocycles. The SMILES string of the molecule is CC(C)Oc1cncc(C(CC2CCC2)NN)c1. The molecule has 0 radical (unpaired) electrons. The fraction of sp³-hybridized carbons (Fsp3) is 0.643. The number of nitrogens with two attached hydrogens (primary N) is 1. The molecule has 1 heterocycles. The quantitative estimate of drug-likeness (QED) is 0.601. The summed E-state index contributed by atoms with van der Waals surface area (Å²) >= 11 is 0. The Balaban J connectivity index is 2.04. The van der Waals surface area contributed by atoms with E-state index in [0.29, 0.717) is 0 Å². The van der Waals surface area contributed by atoms with Gasteiger partial charge < -0.3 is 4.74 Å². The number of pyridine rings is 1. The normalized spacial score (nSPS) is 17.6. The molecular formula is C14H23N3O. The van der Waals surface area contributed by atoms with Gasteiger partial charge >= 0.3 is 0 Å². The zero-order valence-electron chi connectivity index (χ0n) is 11.2. The van der Waals surface area contributed by atoms with Gasteiger partial charge in [-0.15, -0.1) is 0 Å². The Morgan fingerprint density at radius 3 is 2.78 bits per heavy atom. The summed E-state index contributed by atoms with van der Waals surface area (Å²) in [6.45, 7) is 4.03. The van der Waals surface area contributed by atoms with E-state index in [4.69, 9.17) is 10.6 Å². The smallest absolute Gasteiger partial charge is 0.138 e. The standard InChI is InChI=1S/C14H23N3O/c1-10(2)18-13-7-12(8-16-9-13)14(17-15)6-11-4-3-5-11/h7-11,14,17H,3-6,15H2,1-2H3. The Kier molecular flexibility index (Phi) is 4.55. The molecule has 0 bridgehead atoms. The van der Waals surface area contributed by atoms with Gasteiger partial charge in [0.25, 0.3) is 0 Å². The highest BCUT2D eigenvalue weighted by atomic mass is 16.5. The molecule has 1 fully saturated rings. The summed E-state index contributed by atoms with van der Waals surface area (Å²) in [5.41, 5.74) is 4.02. The summed E-state index contributed by atoms with van der Waals surface area (Å²) in [5, 5.41) is 0. The van der Waals surface area contributed by atoms with Crippen LogP contribution in [0.4, 0.5) is 0 Å². The molecule has 0 aliphatic heterocycles. The number of hydrogen-bond acceptors (Lipinski definition) is 4. The third-order valence-corrected chi connectivity index (χ3v) is 3.50. The molecule has 4 heteroatoms. The fourth-order valence-corrected chi connectivity index (χ4v) is 2.32. The second-order valence-corrected chi connectivity index (χ2v) is 5.37. The van der Waals surface area contributed by atoms with E-state index in [9.17, 15) is 0 Å². The van der Waals surface area contributed by atoms with Gasteiger partial charge in [-0.25, -0.2) is 0 Å². The van der Waals surface area contributed by atoms with Gasteiger partial charge in [0.15, 0.2) is 0 Å². The van der Waals surface area contributed by atoms with E-state index in [1.54, 1.807) is 6.20 Å². The van der Waals surface area contributed by atoms with E-state index < -0.39 is 0 Å². The topological polar surface area (TPSA) is 60.2 Å². The third-order valence-electron chi connectivity index (χ3n) is 3.50. The monoisotopic (exact) mass is 249 g/mol. The van der Waals surface area contributed by atoms with Crippen LogP contribution in [0.3, 0.4) is 0 Å². The van der Waals surface area contributed by atoms with Crippen molar-refractivity contribution < 1.29 is 4.74 Å². The average Bonchev–Trinajstić information content (AvgIpc) is 2.27. The number of nitrogens with one attached hydrogen (secondary N) is 1. The summed E-state index contributed by atoms with van der Waals surface area (Å²) in [4.78, 5) is 4.24. The number of aromatic nitrogens is 1. The van der Waals surface area contributed by atoms with E-state index in [2.05, 4.69) is 10.4 Å².